The standard InChI is InChI=1S/C15H21N3O2/c1-9-11(4-5-20-9)8-17-14-7-13-10(6-12(14)16)2-3-15(19)18-13/h6-7,9,11,17H,2-5,8,16H2,1H3,(H,18,19). The highest BCUT2D eigenvalue weighted by atomic mass is 16.5. The molecule has 1 saturated heterocycles. The highest BCUT2D eigenvalue weighted by molar-refractivity contribution is 5.95. The molecule has 1 aromatic rings. The number of hydrogen-bond acceptors (Lipinski definition) is 4. The molecule has 2 atom stereocenters. The molecule has 2 heterocycles. The van der Waals surface area contributed by atoms with Crippen molar-refractivity contribution in [1.29, 1.82) is 0 Å². The molecule has 0 saturated carbocycles. The molecule has 0 spiro atoms. The molecule has 0 aromatic heterocycles. The van der Waals surface area contributed by atoms with E-state index in [1.807, 2.05) is 12.1 Å². The van der Waals surface area contributed by atoms with E-state index in [1.54, 1.807) is 0 Å². The predicted octanol–water partition coefficient (Wildman–Crippen LogP) is 1.99. The molecular weight excluding hydrogens is 254 g/mol. The maximum Gasteiger partial charge on any atom is 0.224 e. The molecule has 5 nitrogen and oxygen atoms in total. The van der Waals surface area contributed by atoms with Crippen molar-refractivity contribution in [2.24, 2.45) is 5.92 Å². The van der Waals surface area contributed by atoms with Crippen molar-refractivity contribution in [1.82, 2.24) is 0 Å². The van der Waals surface area contributed by atoms with Crippen molar-refractivity contribution >= 4 is 23.0 Å². The minimum atomic E-state index is 0.0750. The lowest BCUT2D eigenvalue weighted by Crippen LogP contribution is -2.22. The summed E-state index contributed by atoms with van der Waals surface area (Å²) < 4.78 is 5.56. The third-order valence-electron chi connectivity index (χ3n) is 4.26. The second-order valence-electron chi connectivity index (χ2n) is 5.65. The smallest absolute Gasteiger partial charge is 0.224 e. The van der Waals surface area contributed by atoms with E-state index < -0.39 is 0 Å². The van der Waals surface area contributed by atoms with Crippen molar-refractivity contribution in [2.75, 3.05) is 29.5 Å². The molecule has 0 radical (unpaired) electrons. The number of carbonyl (C=O) groups is 1. The Labute approximate surface area is 118 Å². The van der Waals surface area contributed by atoms with E-state index in [0.29, 0.717) is 18.4 Å². The first-order valence-corrected chi connectivity index (χ1v) is 7.21. The Bertz CT molecular complexity index is 530. The number of aryl methyl sites for hydroxylation is 1. The number of nitrogens with two attached hydrogens (primary N) is 1. The van der Waals surface area contributed by atoms with Gasteiger partial charge >= 0.3 is 0 Å². The lowest BCUT2D eigenvalue weighted by atomic mass is 10.00. The maximum atomic E-state index is 11.5. The van der Waals surface area contributed by atoms with Gasteiger partial charge in [0.05, 0.1) is 17.5 Å². The Morgan fingerprint density at radius 1 is 1.45 bits per heavy atom. The van der Waals surface area contributed by atoms with E-state index in [-0.39, 0.29) is 5.91 Å². The molecule has 1 aromatic carbocycles. The first-order chi connectivity index (χ1) is 9.63. The lowest BCUT2D eigenvalue weighted by Gasteiger charge is -2.21. The first-order valence-electron chi connectivity index (χ1n) is 7.21. The molecule has 2 aliphatic rings. The predicted molar refractivity (Wildman–Crippen MR) is 79.8 cm³/mol. The van der Waals surface area contributed by atoms with Crippen molar-refractivity contribution in [3.8, 4) is 0 Å². The third-order valence-corrected chi connectivity index (χ3v) is 4.26. The van der Waals surface area contributed by atoms with Crippen LogP contribution in [0.3, 0.4) is 0 Å². The summed E-state index contributed by atoms with van der Waals surface area (Å²) >= 11 is 0. The molecule has 2 aliphatic heterocycles. The van der Waals surface area contributed by atoms with Gasteiger partial charge in [-0.15, -0.1) is 0 Å². The zero-order valence-electron chi connectivity index (χ0n) is 11.7. The van der Waals surface area contributed by atoms with Crippen molar-refractivity contribution in [2.45, 2.75) is 32.3 Å². The summed E-state index contributed by atoms with van der Waals surface area (Å²) in [6.45, 7) is 3.79. The van der Waals surface area contributed by atoms with Crippen LogP contribution < -0.4 is 16.4 Å². The number of benzene rings is 1. The number of rotatable bonds is 3. The molecule has 1 fully saturated rings. The van der Waals surface area contributed by atoms with Gasteiger partial charge in [-0.25, -0.2) is 0 Å². The second kappa shape index (κ2) is 5.32. The number of nitrogens with one attached hydrogen (secondary N) is 2. The van der Waals surface area contributed by atoms with E-state index in [9.17, 15) is 4.79 Å². The SMILES string of the molecule is CC1OCCC1CNc1cc2c(cc1N)CCC(=O)N2. The van der Waals surface area contributed by atoms with Gasteiger partial charge in [-0.3, -0.25) is 4.79 Å². The van der Waals surface area contributed by atoms with Crippen LogP contribution in [0.2, 0.25) is 0 Å². The summed E-state index contributed by atoms with van der Waals surface area (Å²) in [5.41, 5.74) is 9.73. The van der Waals surface area contributed by atoms with Crippen LogP contribution in [0.4, 0.5) is 17.1 Å². The van der Waals surface area contributed by atoms with E-state index in [0.717, 1.165) is 48.6 Å². The molecule has 108 valence electrons. The van der Waals surface area contributed by atoms with Crippen molar-refractivity contribution in [3.63, 3.8) is 0 Å². The molecular formula is C15H21N3O2. The zero-order chi connectivity index (χ0) is 14.1. The minimum absolute atomic E-state index is 0.0750. The van der Waals surface area contributed by atoms with E-state index in [1.165, 1.54) is 0 Å². The van der Waals surface area contributed by atoms with Crippen molar-refractivity contribution in [3.05, 3.63) is 17.7 Å². The number of nitrogen functional groups attached to an aromatic ring is 1. The molecule has 20 heavy (non-hydrogen) atoms. The second-order valence-corrected chi connectivity index (χ2v) is 5.65. The normalized spacial score (nSPS) is 25.1. The van der Waals surface area contributed by atoms with E-state index in [4.69, 9.17) is 10.5 Å². The lowest BCUT2D eigenvalue weighted by molar-refractivity contribution is -0.116. The molecule has 1 amide bonds. The Hall–Kier alpha value is -1.75. The van der Waals surface area contributed by atoms with Crippen LogP contribution in [0.25, 0.3) is 0 Å². The number of hydrogen-bond donors (Lipinski definition) is 3. The van der Waals surface area contributed by atoms with Crippen molar-refractivity contribution < 1.29 is 9.53 Å². The fourth-order valence-corrected chi connectivity index (χ4v) is 2.89. The summed E-state index contributed by atoms with van der Waals surface area (Å²) in [6.07, 6.45) is 2.67. The summed E-state index contributed by atoms with van der Waals surface area (Å²) in [7, 11) is 0. The molecule has 0 aliphatic carbocycles. The Morgan fingerprint density at radius 2 is 2.30 bits per heavy atom. The largest absolute Gasteiger partial charge is 0.397 e. The van der Waals surface area contributed by atoms with Crippen LogP contribution in [0.1, 0.15) is 25.3 Å². The van der Waals surface area contributed by atoms with Gasteiger partial charge in [0, 0.05) is 31.2 Å². The van der Waals surface area contributed by atoms with Crippen LogP contribution in [0.15, 0.2) is 12.1 Å². The van der Waals surface area contributed by atoms with Crippen LogP contribution in [0, 0.1) is 5.92 Å². The monoisotopic (exact) mass is 275 g/mol. The quantitative estimate of drug-likeness (QED) is 0.737. The minimum Gasteiger partial charge on any atom is -0.397 e. The van der Waals surface area contributed by atoms with Crippen LogP contribution >= 0.6 is 0 Å². The Morgan fingerprint density at radius 3 is 3.05 bits per heavy atom. The van der Waals surface area contributed by atoms with Gasteiger partial charge in [-0.05, 0) is 37.5 Å². The summed E-state index contributed by atoms with van der Waals surface area (Å²) in [5.74, 6) is 0.589. The molecule has 5 heteroatoms. The van der Waals surface area contributed by atoms with Gasteiger partial charge in [0.1, 0.15) is 0 Å². The fraction of sp³-hybridized carbons (Fsp3) is 0.533. The maximum absolute atomic E-state index is 11.5. The summed E-state index contributed by atoms with van der Waals surface area (Å²) in [5, 5.41) is 6.30. The van der Waals surface area contributed by atoms with Gasteiger partial charge in [0.25, 0.3) is 0 Å². The summed E-state index contributed by atoms with van der Waals surface area (Å²) in [6, 6.07) is 3.91. The highest BCUT2D eigenvalue weighted by Gasteiger charge is 2.24. The number of fused-ring (bicyclic) bond motifs is 1. The number of anilines is 3. The van der Waals surface area contributed by atoms with Crippen LogP contribution in [0.5, 0.6) is 0 Å². The average molecular weight is 275 g/mol. The molecule has 2 unspecified atom stereocenters. The molecule has 4 N–H and O–H groups in total. The summed E-state index contributed by atoms with van der Waals surface area (Å²) in [4.78, 5) is 11.5. The first kappa shape index (κ1) is 13.2. The van der Waals surface area contributed by atoms with Gasteiger partial charge in [-0.1, -0.05) is 0 Å². The topological polar surface area (TPSA) is 76.4 Å². The molecule has 3 rings (SSSR count). The Kier molecular flexibility index (Phi) is 3.53. The zero-order valence-corrected chi connectivity index (χ0v) is 11.7. The third kappa shape index (κ3) is 2.58. The fourth-order valence-electron chi connectivity index (χ4n) is 2.89. The van der Waals surface area contributed by atoms with E-state index >= 15 is 0 Å². The van der Waals surface area contributed by atoms with Gasteiger partial charge < -0.3 is 21.1 Å². The van der Waals surface area contributed by atoms with Gasteiger partial charge in [-0.2, -0.15) is 0 Å². The Balaban J connectivity index is 1.73. The van der Waals surface area contributed by atoms with E-state index in [2.05, 4.69) is 17.6 Å². The van der Waals surface area contributed by atoms with Crippen LogP contribution in [-0.2, 0) is 16.0 Å². The van der Waals surface area contributed by atoms with Crippen LogP contribution in [-0.4, -0.2) is 25.2 Å². The van der Waals surface area contributed by atoms with Gasteiger partial charge in [0.15, 0.2) is 0 Å². The number of carbonyl (C=O) groups excluding carboxylic acids is 1. The molecule has 0 bridgehead atoms. The number of amides is 1. The average Bonchev–Trinajstić information content (AvgIpc) is 2.82. The number of ether oxygens (including phenoxy) is 1. The highest BCUT2D eigenvalue weighted by Crippen LogP contribution is 2.31. The van der Waals surface area contributed by atoms with Gasteiger partial charge in [0.2, 0.25) is 5.91 Å².